The van der Waals surface area contributed by atoms with Crippen molar-refractivity contribution in [3.63, 3.8) is 0 Å². The van der Waals surface area contributed by atoms with Crippen molar-refractivity contribution < 1.29 is 19.1 Å². The lowest BCUT2D eigenvalue weighted by Crippen LogP contribution is -2.43. The number of hydrogen-bond acceptors (Lipinski definition) is 6. The van der Waals surface area contributed by atoms with Crippen molar-refractivity contribution in [1.29, 1.82) is 0 Å². The molecule has 1 saturated heterocycles. The molecule has 1 fully saturated rings. The molecular formula is C28H35N3O4. The Balaban J connectivity index is 1.53. The van der Waals surface area contributed by atoms with Crippen LogP contribution in [0.1, 0.15) is 54.5 Å². The van der Waals surface area contributed by atoms with Gasteiger partial charge in [-0.05, 0) is 70.0 Å². The summed E-state index contributed by atoms with van der Waals surface area (Å²) in [6.07, 6.45) is 2.07. The van der Waals surface area contributed by atoms with Gasteiger partial charge in [0.25, 0.3) is 5.91 Å². The van der Waals surface area contributed by atoms with Gasteiger partial charge < -0.3 is 9.47 Å². The second-order valence-electron chi connectivity index (χ2n) is 9.40. The SMILES string of the molecule is CCOC(=O)C1CCN(CC(=O)N2N=C(c3ccc(C)cc3C)C[C@@H]2c2cccc(OC)c2)CC1. The number of benzene rings is 2. The highest BCUT2D eigenvalue weighted by atomic mass is 16.5. The molecule has 0 spiro atoms. The van der Waals surface area contributed by atoms with Crippen LogP contribution in [-0.2, 0) is 14.3 Å². The van der Waals surface area contributed by atoms with E-state index in [1.807, 2.05) is 31.2 Å². The summed E-state index contributed by atoms with van der Waals surface area (Å²) < 4.78 is 10.6. The summed E-state index contributed by atoms with van der Waals surface area (Å²) in [5.41, 5.74) is 5.36. The predicted octanol–water partition coefficient (Wildman–Crippen LogP) is 4.26. The lowest BCUT2D eigenvalue weighted by Gasteiger charge is -2.32. The van der Waals surface area contributed by atoms with Gasteiger partial charge in [-0.2, -0.15) is 5.10 Å². The summed E-state index contributed by atoms with van der Waals surface area (Å²) in [6, 6.07) is 14.0. The summed E-state index contributed by atoms with van der Waals surface area (Å²) >= 11 is 0. The fourth-order valence-electron chi connectivity index (χ4n) is 5.00. The molecule has 0 radical (unpaired) electrons. The first-order valence-electron chi connectivity index (χ1n) is 12.4. The predicted molar refractivity (Wildman–Crippen MR) is 135 cm³/mol. The maximum atomic E-state index is 13.5. The van der Waals surface area contributed by atoms with E-state index in [0.29, 0.717) is 39.0 Å². The molecule has 7 heteroatoms. The third-order valence-corrected chi connectivity index (χ3v) is 6.90. The number of ether oxygens (including phenoxy) is 2. The molecule has 0 aromatic heterocycles. The van der Waals surface area contributed by atoms with Gasteiger partial charge in [0.1, 0.15) is 5.75 Å². The molecule has 2 heterocycles. The number of esters is 1. The Morgan fingerprint density at radius 1 is 1.09 bits per heavy atom. The minimum Gasteiger partial charge on any atom is -0.497 e. The van der Waals surface area contributed by atoms with E-state index in [2.05, 4.69) is 36.9 Å². The molecule has 2 aliphatic rings. The summed E-state index contributed by atoms with van der Waals surface area (Å²) in [6.45, 7) is 8.06. The monoisotopic (exact) mass is 477 g/mol. The second kappa shape index (κ2) is 11.0. The smallest absolute Gasteiger partial charge is 0.309 e. The Kier molecular flexibility index (Phi) is 7.86. The Hall–Kier alpha value is -3.19. The van der Waals surface area contributed by atoms with Crippen LogP contribution in [0.5, 0.6) is 5.75 Å². The van der Waals surface area contributed by atoms with Crippen molar-refractivity contribution in [2.24, 2.45) is 11.0 Å². The van der Waals surface area contributed by atoms with Crippen LogP contribution in [0.15, 0.2) is 47.6 Å². The van der Waals surface area contributed by atoms with Crippen molar-refractivity contribution >= 4 is 17.6 Å². The standard InChI is InChI=1S/C28H35N3O4/c1-5-35-28(33)21-11-13-30(14-12-21)18-27(32)31-26(22-7-6-8-23(16-22)34-4)17-25(29-31)24-10-9-19(2)15-20(24)3/h6-10,15-16,21,26H,5,11-14,17-18H2,1-4H3/t26-/m1/s1. The second-order valence-corrected chi connectivity index (χ2v) is 9.40. The van der Waals surface area contributed by atoms with E-state index < -0.39 is 0 Å². The molecule has 0 aliphatic carbocycles. The molecule has 7 nitrogen and oxygen atoms in total. The van der Waals surface area contributed by atoms with Crippen molar-refractivity contribution in [3.8, 4) is 5.75 Å². The minimum atomic E-state index is -0.189. The molecule has 1 amide bonds. The highest BCUT2D eigenvalue weighted by Gasteiger charge is 2.35. The fraction of sp³-hybridized carbons (Fsp3) is 0.464. The number of carbonyl (C=O) groups is 2. The van der Waals surface area contributed by atoms with E-state index in [4.69, 9.17) is 14.6 Å². The van der Waals surface area contributed by atoms with Gasteiger partial charge in [0.15, 0.2) is 0 Å². The number of carbonyl (C=O) groups excluding carboxylic acids is 2. The number of nitrogens with zero attached hydrogens (tertiary/aromatic N) is 3. The lowest BCUT2D eigenvalue weighted by atomic mass is 9.95. The summed E-state index contributed by atoms with van der Waals surface area (Å²) in [7, 11) is 1.65. The first-order valence-corrected chi connectivity index (χ1v) is 12.4. The number of methoxy groups -OCH3 is 1. The van der Waals surface area contributed by atoms with Gasteiger partial charge in [-0.3, -0.25) is 14.5 Å². The summed E-state index contributed by atoms with van der Waals surface area (Å²) in [4.78, 5) is 27.7. The molecular weight excluding hydrogens is 442 g/mol. The van der Waals surface area contributed by atoms with E-state index in [0.717, 1.165) is 28.2 Å². The molecule has 0 unspecified atom stereocenters. The van der Waals surface area contributed by atoms with Gasteiger partial charge in [0, 0.05) is 12.0 Å². The van der Waals surface area contributed by atoms with Crippen LogP contribution in [0, 0.1) is 19.8 Å². The highest BCUT2D eigenvalue weighted by Crippen LogP contribution is 2.35. The maximum absolute atomic E-state index is 13.5. The Morgan fingerprint density at radius 2 is 1.86 bits per heavy atom. The zero-order valence-electron chi connectivity index (χ0n) is 21.1. The molecule has 1 atom stereocenters. The third-order valence-electron chi connectivity index (χ3n) is 6.90. The maximum Gasteiger partial charge on any atom is 0.309 e. The number of rotatable bonds is 7. The molecule has 35 heavy (non-hydrogen) atoms. The number of likely N-dealkylation sites (tertiary alicyclic amines) is 1. The van der Waals surface area contributed by atoms with Gasteiger partial charge in [0.2, 0.25) is 0 Å². The van der Waals surface area contributed by atoms with Crippen LogP contribution in [0.3, 0.4) is 0 Å². The average molecular weight is 478 g/mol. The number of aryl methyl sites for hydroxylation is 2. The van der Waals surface area contributed by atoms with Crippen molar-refractivity contribution in [2.45, 2.75) is 46.1 Å². The normalized spacial score (nSPS) is 18.9. The largest absolute Gasteiger partial charge is 0.497 e. The van der Waals surface area contributed by atoms with Crippen molar-refractivity contribution in [1.82, 2.24) is 9.91 Å². The molecule has 2 aromatic rings. The molecule has 186 valence electrons. The number of piperidine rings is 1. The molecule has 2 aliphatic heterocycles. The molecule has 2 aromatic carbocycles. The molecule has 0 N–H and O–H groups in total. The minimum absolute atomic E-state index is 0.0350. The van der Waals surface area contributed by atoms with Gasteiger partial charge in [-0.25, -0.2) is 5.01 Å². The quantitative estimate of drug-likeness (QED) is 0.557. The van der Waals surface area contributed by atoms with Gasteiger partial charge in [0.05, 0.1) is 37.9 Å². The van der Waals surface area contributed by atoms with Crippen LogP contribution in [0.25, 0.3) is 0 Å². The van der Waals surface area contributed by atoms with E-state index in [-0.39, 0.29) is 30.4 Å². The van der Waals surface area contributed by atoms with E-state index in [1.54, 1.807) is 12.1 Å². The van der Waals surface area contributed by atoms with E-state index in [9.17, 15) is 9.59 Å². The Morgan fingerprint density at radius 3 is 2.54 bits per heavy atom. The number of hydrogen-bond donors (Lipinski definition) is 0. The van der Waals surface area contributed by atoms with Crippen molar-refractivity contribution in [3.05, 3.63) is 64.7 Å². The van der Waals surface area contributed by atoms with Crippen LogP contribution in [0.4, 0.5) is 0 Å². The average Bonchev–Trinajstić information content (AvgIpc) is 3.30. The summed E-state index contributed by atoms with van der Waals surface area (Å²) in [5.74, 6) is 0.522. The van der Waals surface area contributed by atoms with E-state index >= 15 is 0 Å². The third kappa shape index (κ3) is 5.73. The number of hydrazone groups is 1. The first-order chi connectivity index (χ1) is 16.9. The molecule has 0 saturated carbocycles. The Labute approximate surface area is 207 Å². The zero-order valence-corrected chi connectivity index (χ0v) is 21.1. The van der Waals surface area contributed by atoms with Gasteiger partial charge in [-0.1, -0.05) is 35.9 Å². The highest BCUT2D eigenvalue weighted by molar-refractivity contribution is 6.04. The zero-order chi connectivity index (χ0) is 24.9. The van der Waals surface area contributed by atoms with Crippen LogP contribution >= 0.6 is 0 Å². The Bertz CT molecular complexity index is 1110. The van der Waals surface area contributed by atoms with Crippen molar-refractivity contribution in [2.75, 3.05) is 33.4 Å². The van der Waals surface area contributed by atoms with Gasteiger partial charge >= 0.3 is 5.97 Å². The fourth-order valence-corrected chi connectivity index (χ4v) is 5.00. The van der Waals surface area contributed by atoms with Crippen LogP contribution in [0.2, 0.25) is 0 Å². The first kappa shape index (κ1) is 24.9. The molecule has 4 rings (SSSR count). The van der Waals surface area contributed by atoms with Crippen LogP contribution in [-0.4, -0.2) is 60.8 Å². The molecule has 0 bridgehead atoms. The summed E-state index contributed by atoms with van der Waals surface area (Å²) in [5, 5.41) is 6.51. The van der Waals surface area contributed by atoms with Crippen LogP contribution < -0.4 is 4.74 Å². The van der Waals surface area contributed by atoms with Gasteiger partial charge in [-0.15, -0.1) is 0 Å². The topological polar surface area (TPSA) is 71.4 Å². The number of amides is 1. The van der Waals surface area contributed by atoms with E-state index in [1.165, 1.54) is 5.56 Å². The lowest BCUT2D eigenvalue weighted by molar-refractivity contribution is -0.149.